The number of rotatable bonds is 1. The summed E-state index contributed by atoms with van der Waals surface area (Å²) >= 11 is 0. The fourth-order valence-corrected chi connectivity index (χ4v) is 1.66. The van der Waals surface area contributed by atoms with E-state index in [0.717, 1.165) is 5.92 Å². The van der Waals surface area contributed by atoms with Crippen LogP contribution in [0.4, 0.5) is 0 Å². The molecule has 0 aliphatic carbocycles. The van der Waals surface area contributed by atoms with Gasteiger partial charge in [-0.3, -0.25) is 0 Å². The summed E-state index contributed by atoms with van der Waals surface area (Å²) in [5.41, 5.74) is 2.35. The molecular formula is C18H42. The molecule has 0 saturated heterocycles. The average Bonchev–Trinajstić information content (AvgIpc) is 1.97. The van der Waals surface area contributed by atoms with Gasteiger partial charge >= 0.3 is 0 Å². The topological polar surface area (TPSA) is 0 Å². The van der Waals surface area contributed by atoms with E-state index in [9.17, 15) is 0 Å². The van der Waals surface area contributed by atoms with Gasteiger partial charge in [0.05, 0.1) is 0 Å². The van der Waals surface area contributed by atoms with Crippen molar-refractivity contribution in [3.8, 4) is 0 Å². The minimum absolute atomic E-state index is 0. The summed E-state index contributed by atoms with van der Waals surface area (Å²) in [4.78, 5) is 0. The molecule has 0 spiro atoms. The van der Waals surface area contributed by atoms with Crippen molar-refractivity contribution >= 4 is 0 Å². The Bertz CT molecular complexity index is 193. The number of allylic oxidation sites excluding steroid dienone is 2. The van der Waals surface area contributed by atoms with Gasteiger partial charge in [-0.2, -0.15) is 0 Å². The van der Waals surface area contributed by atoms with E-state index in [-0.39, 0.29) is 14.9 Å². The smallest absolute Gasteiger partial charge is 0.0176 e. The molecule has 0 N–H and O–H groups in total. The summed E-state index contributed by atoms with van der Waals surface area (Å²) in [7, 11) is 0. The first-order valence-electron chi connectivity index (χ1n) is 6.53. The molecule has 114 valence electrons. The lowest BCUT2D eigenvalue weighted by atomic mass is 9.86. The van der Waals surface area contributed by atoms with Crippen LogP contribution >= 0.6 is 0 Å². The number of hydrogen-bond donors (Lipinski definition) is 0. The van der Waals surface area contributed by atoms with Crippen molar-refractivity contribution in [2.75, 3.05) is 0 Å². The summed E-state index contributed by atoms with van der Waals surface area (Å²) < 4.78 is 0. The molecule has 0 aliphatic rings. The maximum Gasteiger partial charge on any atom is -0.0176 e. The van der Waals surface area contributed by atoms with Gasteiger partial charge in [0.15, 0.2) is 0 Å². The fraction of sp³-hybridized carbons (Fsp3) is 0.889. The van der Waals surface area contributed by atoms with E-state index >= 15 is 0 Å². The fourth-order valence-electron chi connectivity index (χ4n) is 1.66. The Hall–Kier alpha value is -0.260. The molecule has 0 radical (unpaired) electrons. The molecule has 0 amide bonds. The molecular weight excluding hydrogens is 216 g/mol. The highest BCUT2D eigenvalue weighted by atomic mass is 14.2. The Kier molecular flexibility index (Phi) is 15.6. The third-order valence-electron chi connectivity index (χ3n) is 2.64. The summed E-state index contributed by atoms with van der Waals surface area (Å²) in [5, 5.41) is 0. The summed E-state index contributed by atoms with van der Waals surface area (Å²) in [6.07, 6.45) is 3.49. The molecule has 0 nitrogen and oxygen atoms in total. The van der Waals surface area contributed by atoms with Crippen molar-refractivity contribution in [1.29, 1.82) is 0 Å². The monoisotopic (exact) mass is 258 g/mol. The number of hydrogen-bond acceptors (Lipinski definition) is 0. The van der Waals surface area contributed by atoms with E-state index < -0.39 is 0 Å². The second-order valence-electron chi connectivity index (χ2n) is 7.38. The lowest BCUT2D eigenvalue weighted by molar-refractivity contribution is 0.320. The maximum atomic E-state index is 2.28. The Balaban J connectivity index is -0.0000000980. The molecule has 0 heteroatoms. The summed E-state index contributed by atoms with van der Waals surface area (Å²) in [6.45, 7) is 22.3. The molecule has 0 saturated carbocycles. The Morgan fingerprint density at radius 1 is 0.944 bits per heavy atom. The minimum atomic E-state index is 0. The predicted octanol–water partition coefficient (Wildman–Crippen LogP) is 7.35. The van der Waals surface area contributed by atoms with Gasteiger partial charge in [-0.25, -0.2) is 0 Å². The molecule has 0 atom stereocenters. The van der Waals surface area contributed by atoms with Gasteiger partial charge < -0.3 is 0 Å². The zero-order valence-electron chi connectivity index (χ0n) is 13.4. The molecule has 0 fully saturated rings. The van der Waals surface area contributed by atoms with Gasteiger partial charge in [-0.15, -0.1) is 0 Å². The molecule has 0 aromatic carbocycles. The van der Waals surface area contributed by atoms with Crippen LogP contribution in [-0.4, -0.2) is 0 Å². The first-order valence-corrected chi connectivity index (χ1v) is 6.53. The van der Waals surface area contributed by atoms with Gasteiger partial charge in [0, 0.05) is 0 Å². The second kappa shape index (κ2) is 10.6. The van der Waals surface area contributed by atoms with Crippen molar-refractivity contribution in [3.05, 3.63) is 11.6 Å². The zero-order valence-corrected chi connectivity index (χ0v) is 13.4. The quantitative estimate of drug-likeness (QED) is 0.431. The van der Waals surface area contributed by atoms with Crippen LogP contribution in [0.5, 0.6) is 0 Å². The van der Waals surface area contributed by atoms with E-state index in [1.165, 1.54) is 12.0 Å². The average molecular weight is 259 g/mol. The molecule has 0 bridgehead atoms. The molecule has 18 heavy (non-hydrogen) atoms. The van der Waals surface area contributed by atoms with Crippen LogP contribution in [0.25, 0.3) is 0 Å². The van der Waals surface area contributed by atoms with Gasteiger partial charge in [0.1, 0.15) is 0 Å². The lowest BCUT2D eigenvalue weighted by Crippen LogP contribution is -2.08. The Labute approximate surface area is 119 Å². The third-order valence-corrected chi connectivity index (χ3v) is 2.64. The standard InChI is InChI=1S/C8H18.C8H16.2CH4/c1-7(2)6-8(3,4)5;1-6-7(2)8(3,4)5;;/h7H,6H2,1-5H3;6H,1-5H3;2*1H4/b;7-6+;;. The largest absolute Gasteiger partial charge is 0.0882 e. The molecule has 0 heterocycles. The van der Waals surface area contributed by atoms with Crippen LogP contribution in [0.2, 0.25) is 0 Å². The van der Waals surface area contributed by atoms with Crippen LogP contribution in [0.15, 0.2) is 11.6 Å². The third kappa shape index (κ3) is 21.1. The molecule has 0 unspecified atom stereocenters. The normalized spacial score (nSPS) is 12.1. The van der Waals surface area contributed by atoms with Gasteiger partial charge in [-0.1, -0.05) is 81.9 Å². The van der Waals surface area contributed by atoms with E-state index in [4.69, 9.17) is 0 Å². The maximum absolute atomic E-state index is 2.28. The predicted molar refractivity (Wildman–Crippen MR) is 91.3 cm³/mol. The zero-order chi connectivity index (χ0) is 13.6. The first kappa shape index (κ1) is 26.3. The van der Waals surface area contributed by atoms with Crippen LogP contribution < -0.4 is 0 Å². The van der Waals surface area contributed by atoms with Gasteiger partial charge in [-0.05, 0) is 37.0 Å². The van der Waals surface area contributed by atoms with Crippen LogP contribution in [0.1, 0.15) is 90.5 Å². The highest BCUT2D eigenvalue weighted by Crippen LogP contribution is 2.23. The highest BCUT2D eigenvalue weighted by Gasteiger charge is 2.11. The lowest BCUT2D eigenvalue weighted by Gasteiger charge is -2.19. The molecule has 0 aromatic heterocycles. The van der Waals surface area contributed by atoms with Crippen molar-refractivity contribution in [2.45, 2.75) is 90.5 Å². The Morgan fingerprint density at radius 3 is 1.28 bits per heavy atom. The van der Waals surface area contributed by atoms with Crippen LogP contribution in [0.3, 0.4) is 0 Å². The van der Waals surface area contributed by atoms with Crippen LogP contribution in [0, 0.1) is 16.7 Å². The second-order valence-corrected chi connectivity index (χ2v) is 7.38. The van der Waals surface area contributed by atoms with Crippen molar-refractivity contribution in [1.82, 2.24) is 0 Å². The Morgan fingerprint density at radius 2 is 1.28 bits per heavy atom. The van der Waals surface area contributed by atoms with Crippen molar-refractivity contribution in [2.24, 2.45) is 16.7 Å². The van der Waals surface area contributed by atoms with Gasteiger partial charge in [0.2, 0.25) is 0 Å². The minimum Gasteiger partial charge on any atom is -0.0882 e. The van der Waals surface area contributed by atoms with Crippen molar-refractivity contribution < 1.29 is 0 Å². The SMILES string of the molecule is C.C.C/C=C(\C)C(C)(C)C.CC(C)CC(C)(C)C. The van der Waals surface area contributed by atoms with E-state index in [0.29, 0.717) is 10.8 Å². The van der Waals surface area contributed by atoms with E-state index in [1.807, 2.05) is 0 Å². The van der Waals surface area contributed by atoms with Crippen LogP contribution in [-0.2, 0) is 0 Å². The van der Waals surface area contributed by atoms with E-state index in [2.05, 4.69) is 75.3 Å². The highest BCUT2D eigenvalue weighted by molar-refractivity contribution is 5.05. The van der Waals surface area contributed by atoms with Crippen molar-refractivity contribution in [3.63, 3.8) is 0 Å². The molecule has 0 aliphatic heterocycles. The summed E-state index contributed by atoms with van der Waals surface area (Å²) in [5.74, 6) is 0.843. The van der Waals surface area contributed by atoms with E-state index in [1.54, 1.807) is 0 Å². The van der Waals surface area contributed by atoms with Gasteiger partial charge in [0.25, 0.3) is 0 Å². The molecule has 0 rings (SSSR count). The molecule has 0 aromatic rings. The first-order chi connectivity index (χ1) is 6.90. The summed E-state index contributed by atoms with van der Waals surface area (Å²) in [6, 6.07) is 0.